The summed E-state index contributed by atoms with van der Waals surface area (Å²) in [7, 11) is 0. The summed E-state index contributed by atoms with van der Waals surface area (Å²) in [5, 5.41) is 0. The number of nitrogens with zero attached hydrogens (tertiary/aromatic N) is 4. The zero-order valence-electron chi connectivity index (χ0n) is 17.8. The lowest BCUT2D eigenvalue weighted by molar-refractivity contribution is -0.143. The molecule has 8 heteroatoms. The van der Waals surface area contributed by atoms with Crippen molar-refractivity contribution in [2.75, 3.05) is 25.4 Å². The number of carbonyl (C=O) groups is 2. The number of nitrogen functional groups attached to an aromatic ring is 1. The Morgan fingerprint density at radius 3 is 2.61 bits per heavy atom. The predicted molar refractivity (Wildman–Crippen MR) is 115 cm³/mol. The normalized spacial score (nSPS) is 20.0. The van der Waals surface area contributed by atoms with Gasteiger partial charge in [-0.2, -0.15) is 0 Å². The standard InChI is InChI=1S/C23H28FN5O2/c1-15(30)28-11-8-16(9-12-28)22(31)29-10-3-2-7-20(29)21-19(14-26-23(25)27-21)17-5-4-6-18(24)13-17/h4-6,13-14,16,20H,2-3,7-12H2,1H3,(H2,25,26,27). The number of piperidine rings is 2. The van der Waals surface area contributed by atoms with Gasteiger partial charge in [0.05, 0.1) is 11.7 Å². The molecule has 1 atom stereocenters. The second-order valence-electron chi connectivity index (χ2n) is 8.36. The summed E-state index contributed by atoms with van der Waals surface area (Å²) < 4.78 is 13.9. The Balaban J connectivity index is 1.63. The van der Waals surface area contributed by atoms with E-state index in [2.05, 4.69) is 9.97 Å². The lowest BCUT2D eigenvalue weighted by Crippen LogP contribution is -2.46. The molecule has 2 aromatic rings. The van der Waals surface area contributed by atoms with Gasteiger partial charge in [-0.3, -0.25) is 9.59 Å². The van der Waals surface area contributed by atoms with Gasteiger partial charge in [-0.05, 0) is 49.8 Å². The predicted octanol–water partition coefficient (Wildman–Crippen LogP) is 3.18. The zero-order valence-corrected chi connectivity index (χ0v) is 17.8. The minimum absolute atomic E-state index is 0.0537. The summed E-state index contributed by atoms with van der Waals surface area (Å²) in [6, 6.07) is 6.08. The highest BCUT2D eigenvalue weighted by atomic mass is 19.1. The van der Waals surface area contributed by atoms with Crippen LogP contribution in [0.15, 0.2) is 30.5 Å². The fourth-order valence-electron chi connectivity index (χ4n) is 4.70. The van der Waals surface area contributed by atoms with Crippen LogP contribution in [0.5, 0.6) is 0 Å². The first-order valence-electron chi connectivity index (χ1n) is 10.9. The molecule has 7 nitrogen and oxygen atoms in total. The van der Waals surface area contributed by atoms with Gasteiger partial charge in [0.2, 0.25) is 17.8 Å². The Labute approximate surface area is 181 Å². The van der Waals surface area contributed by atoms with Crippen molar-refractivity contribution >= 4 is 17.8 Å². The summed E-state index contributed by atoms with van der Waals surface area (Å²) in [5.74, 6) is -0.141. The molecule has 0 radical (unpaired) electrons. The summed E-state index contributed by atoms with van der Waals surface area (Å²) in [5.41, 5.74) is 7.95. The third-order valence-corrected chi connectivity index (χ3v) is 6.36. The molecule has 4 rings (SSSR count). The largest absolute Gasteiger partial charge is 0.368 e. The van der Waals surface area contributed by atoms with Crippen LogP contribution < -0.4 is 5.73 Å². The van der Waals surface area contributed by atoms with Crippen molar-refractivity contribution in [1.82, 2.24) is 19.8 Å². The van der Waals surface area contributed by atoms with Crippen LogP contribution >= 0.6 is 0 Å². The lowest BCUT2D eigenvalue weighted by atomic mass is 9.90. The van der Waals surface area contributed by atoms with Gasteiger partial charge in [0.25, 0.3) is 0 Å². The molecular weight excluding hydrogens is 397 g/mol. The van der Waals surface area contributed by atoms with Crippen molar-refractivity contribution in [3.63, 3.8) is 0 Å². The molecule has 2 aliphatic heterocycles. The van der Waals surface area contributed by atoms with E-state index in [0.29, 0.717) is 49.3 Å². The Hall–Kier alpha value is -3.03. The second-order valence-corrected chi connectivity index (χ2v) is 8.36. The van der Waals surface area contributed by atoms with Gasteiger partial charge in [-0.15, -0.1) is 0 Å². The average Bonchev–Trinajstić information content (AvgIpc) is 2.78. The van der Waals surface area contributed by atoms with E-state index in [1.807, 2.05) is 11.0 Å². The molecule has 31 heavy (non-hydrogen) atoms. The quantitative estimate of drug-likeness (QED) is 0.815. The maximum Gasteiger partial charge on any atom is 0.226 e. The summed E-state index contributed by atoms with van der Waals surface area (Å²) in [6.45, 7) is 3.44. The van der Waals surface area contributed by atoms with E-state index in [0.717, 1.165) is 19.3 Å². The summed E-state index contributed by atoms with van der Waals surface area (Å²) >= 11 is 0. The van der Waals surface area contributed by atoms with Crippen molar-refractivity contribution in [1.29, 1.82) is 0 Å². The fourth-order valence-corrected chi connectivity index (χ4v) is 4.70. The number of rotatable bonds is 3. The van der Waals surface area contributed by atoms with Gasteiger partial charge in [-0.1, -0.05) is 12.1 Å². The smallest absolute Gasteiger partial charge is 0.226 e. The van der Waals surface area contributed by atoms with Crippen molar-refractivity contribution < 1.29 is 14.0 Å². The molecule has 1 aromatic heterocycles. The number of halogens is 1. The van der Waals surface area contributed by atoms with E-state index in [-0.39, 0.29) is 35.5 Å². The minimum Gasteiger partial charge on any atom is -0.368 e. The highest BCUT2D eigenvalue weighted by Crippen LogP contribution is 2.37. The number of carbonyl (C=O) groups excluding carboxylic acids is 2. The van der Waals surface area contributed by atoms with Crippen LogP contribution in [0.1, 0.15) is 50.8 Å². The number of benzene rings is 1. The molecule has 2 aliphatic rings. The van der Waals surface area contributed by atoms with E-state index in [9.17, 15) is 14.0 Å². The number of anilines is 1. The first-order chi connectivity index (χ1) is 14.9. The molecule has 2 amide bonds. The summed E-state index contributed by atoms with van der Waals surface area (Å²) in [6.07, 6.45) is 5.65. The zero-order chi connectivity index (χ0) is 22.0. The highest BCUT2D eigenvalue weighted by molar-refractivity contribution is 5.81. The van der Waals surface area contributed by atoms with Gasteiger partial charge in [0, 0.05) is 44.2 Å². The van der Waals surface area contributed by atoms with Crippen LogP contribution in [0.4, 0.5) is 10.3 Å². The Kier molecular flexibility index (Phi) is 6.15. The SMILES string of the molecule is CC(=O)N1CCC(C(=O)N2CCCCC2c2nc(N)ncc2-c2cccc(F)c2)CC1. The van der Waals surface area contributed by atoms with Crippen LogP contribution in [-0.4, -0.2) is 51.2 Å². The summed E-state index contributed by atoms with van der Waals surface area (Å²) in [4.78, 5) is 37.5. The van der Waals surface area contributed by atoms with Gasteiger partial charge in [0.1, 0.15) is 5.82 Å². The van der Waals surface area contributed by atoms with Gasteiger partial charge >= 0.3 is 0 Å². The highest BCUT2D eigenvalue weighted by Gasteiger charge is 2.36. The molecule has 164 valence electrons. The van der Waals surface area contributed by atoms with E-state index in [1.54, 1.807) is 24.1 Å². The number of likely N-dealkylation sites (tertiary alicyclic amines) is 2. The van der Waals surface area contributed by atoms with Crippen molar-refractivity contribution in [3.05, 3.63) is 42.0 Å². The van der Waals surface area contributed by atoms with Crippen LogP contribution in [-0.2, 0) is 9.59 Å². The first-order valence-corrected chi connectivity index (χ1v) is 10.9. The van der Waals surface area contributed by atoms with E-state index < -0.39 is 0 Å². The maximum absolute atomic E-state index is 13.9. The minimum atomic E-state index is -0.339. The number of nitrogens with two attached hydrogens (primary N) is 1. The molecule has 1 aromatic carbocycles. The third kappa shape index (κ3) is 4.52. The van der Waals surface area contributed by atoms with Crippen LogP contribution in [0.25, 0.3) is 11.1 Å². The molecule has 0 saturated carbocycles. The molecule has 0 bridgehead atoms. The Morgan fingerprint density at radius 2 is 1.90 bits per heavy atom. The monoisotopic (exact) mass is 425 g/mol. The van der Waals surface area contributed by atoms with Crippen molar-refractivity contribution in [2.24, 2.45) is 5.92 Å². The number of hydrogen-bond acceptors (Lipinski definition) is 5. The Bertz CT molecular complexity index is 974. The van der Waals surface area contributed by atoms with Crippen molar-refractivity contribution in [3.8, 4) is 11.1 Å². The van der Waals surface area contributed by atoms with Gasteiger partial charge < -0.3 is 15.5 Å². The Morgan fingerprint density at radius 1 is 1.13 bits per heavy atom. The fraction of sp³-hybridized carbons (Fsp3) is 0.478. The topological polar surface area (TPSA) is 92.4 Å². The van der Waals surface area contributed by atoms with Crippen molar-refractivity contribution in [2.45, 2.75) is 45.1 Å². The molecule has 2 fully saturated rings. The molecule has 1 unspecified atom stereocenters. The number of aromatic nitrogens is 2. The molecule has 3 heterocycles. The van der Waals surface area contributed by atoms with Crippen LogP contribution in [0.2, 0.25) is 0 Å². The van der Waals surface area contributed by atoms with Gasteiger partial charge in [0.15, 0.2) is 0 Å². The van der Waals surface area contributed by atoms with E-state index in [4.69, 9.17) is 5.73 Å². The average molecular weight is 426 g/mol. The number of hydrogen-bond donors (Lipinski definition) is 1. The number of amides is 2. The first kappa shape index (κ1) is 21.2. The molecular formula is C23H28FN5O2. The molecule has 0 spiro atoms. The van der Waals surface area contributed by atoms with Gasteiger partial charge in [-0.25, -0.2) is 14.4 Å². The maximum atomic E-state index is 13.9. The lowest BCUT2D eigenvalue weighted by Gasteiger charge is -2.40. The third-order valence-electron chi connectivity index (χ3n) is 6.36. The van der Waals surface area contributed by atoms with E-state index in [1.165, 1.54) is 12.1 Å². The molecule has 2 saturated heterocycles. The second kappa shape index (κ2) is 8.99. The molecule has 0 aliphatic carbocycles. The van der Waals surface area contributed by atoms with E-state index >= 15 is 0 Å². The van der Waals surface area contributed by atoms with Crippen LogP contribution in [0.3, 0.4) is 0 Å². The van der Waals surface area contributed by atoms with Crippen LogP contribution in [0, 0.1) is 11.7 Å². The molecule has 2 N–H and O–H groups in total.